The van der Waals surface area contributed by atoms with Crippen molar-refractivity contribution in [2.75, 3.05) is 0 Å². The average molecular weight is 699 g/mol. The van der Waals surface area contributed by atoms with Gasteiger partial charge in [-0.25, -0.2) is 0 Å². The summed E-state index contributed by atoms with van der Waals surface area (Å²) < 4.78 is 6.17. The Hall–Kier alpha value is -3.13. The summed E-state index contributed by atoms with van der Waals surface area (Å²) in [6, 6.07) is 63.4. The van der Waals surface area contributed by atoms with Crippen molar-refractivity contribution in [2.24, 2.45) is 0 Å². The fourth-order valence-corrected chi connectivity index (χ4v) is 16.8. The van der Waals surface area contributed by atoms with Crippen molar-refractivity contribution in [2.45, 2.75) is 23.3 Å². The van der Waals surface area contributed by atoms with Gasteiger partial charge in [0.2, 0.25) is 0 Å². The molecular formula is C40H37As2P. The van der Waals surface area contributed by atoms with Crippen LogP contribution in [0, 0.1) is 0 Å². The molecule has 0 aliphatic heterocycles. The van der Waals surface area contributed by atoms with Gasteiger partial charge >= 0.3 is 270 Å². The minimum absolute atomic E-state index is 0.680. The van der Waals surface area contributed by atoms with Gasteiger partial charge in [-0.2, -0.15) is 0 Å². The van der Waals surface area contributed by atoms with Crippen LogP contribution in [-0.4, -0.2) is 29.3 Å². The molecule has 6 aromatic carbocycles. The van der Waals surface area contributed by atoms with Gasteiger partial charge in [0.05, 0.1) is 0 Å². The molecule has 0 nitrogen and oxygen atoms in total. The Morgan fingerprint density at radius 1 is 0.326 bits per heavy atom. The molecule has 0 heterocycles. The summed E-state index contributed by atoms with van der Waals surface area (Å²) in [5.41, 5.74) is 3.03. The van der Waals surface area contributed by atoms with E-state index in [-0.39, 0.29) is 0 Å². The molecular weight excluding hydrogens is 661 g/mol. The summed E-state index contributed by atoms with van der Waals surface area (Å²) in [6.07, 6.45) is 2.26. The predicted octanol–water partition coefficient (Wildman–Crippen LogP) is 6.02. The van der Waals surface area contributed by atoms with Crippen LogP contribution < -0.4 is 28.0 Å². The fourth-order valence-electron chi connectivity index (χ4n) is 5.58. The van der Waals surface area contributed by atoms with E-state index in [1.54, 1.807) is 17.4 Å². The van der Waals surface area contributed by atoms with Crippen LogP contribution in [0.3, 0.4) is 0 Å². The molecule has 0 aliphatic carbocycles. The van der Waals surface area contributed by atoms with Crippen molar-refractivity contribution < 1.29 is 0 Å². The van der Waals surface area contributed by atoms with Crippen LogP contribution in [0.1, 0.15) is 11.1 Å². The first-order chi connectivity index (χ1) is 21.3. The second-order valence-corrected chi connectivity index (χ2v) is 21.7. The summed E-state index contributed by atoms with van der Waals surface area (Å²) in [6.45, 7) is 0. The second-order valence-electron chi connectivity index (χ2n) is 10.6. The number of hydrogen-bond acceptors (Lipinski definition) is 0. The van der Waals surface area contributed by atoms with E-state index < -0.39 is 29.3 Å². The van der Waals surface area contributed by atoms with Crippen molar-refractivity contribution in [1.82, 2.24) is 0 Å². The third-order valence-corrected chi connectivity index (χ3v) is 19.8. The molecule has 0 bridgehead atoms. The molecule has 0 radical (unpaired) electrons. The molecule has 0 fully saturated rings. The molecule has 0 saturated heterocycles. The topological polar surface area (TPSA) is 0 Å². The monoisotopic (exact) mass is 698 g/mol. The number of rotatable bonds is 12. The first-order valence-electron chi connectivity index (χ1n) is 15.0. The molecule has 0 aliphatic rings. The zero-order chi connectivity index (χ0) is 29.1. The van der Waals surface area contributed by atoms with Gasteiger partial charge in [-0.15, -0.1) is 0 Å². The molecule has 3 heteroatoms. The zero-order valence-corrected chi connectivity index (χ0v) is 29.1. The molecule has 0 amide bonds. The van der Waals surface area contributed by atoms with E-state index >= 15 is 0 Å². The summed E-state index contributed by atoms with van der Waals surface area (Å²) >= 11 is -2.79. The van der Waals surface area contributed by atoms with Gasteiger partial charge < -0.3 is 0 Å². The normalized spacial score (nSPS) is 11.2. The van der Waals surface area contributed by atoms with E-state index in [1.807, 2.05) is 0 Å². The second kappa shape index (κ2) is 15.5. The first kappa shape index (κ1) is 29.9. The van der Waals surface area contributed by atoms with Gasteiger partial charge in [-0.05, 0) is 0 Å². The molecule has 0 N–H and O–H groups in total. The van der Waals surface area contributed by atoms with Crippen LogP contribution in [0.15, 0.2) is 170 Å². The Kier molecular flexibility index (Phi) is 10.8. The maximum absolute atomic E-state index is 2.38. The Bertz CT molecular complexity index is 1480. The maximum atomic E-state index is 2.38. The van der Waals surface area contributed by atoms with E-state index in [1.165, 1.54) is 32.2 Å². The standard InChI is InChI=1S/C40H37As2P/c1-5-19-35(20-6-1)41(36-21-7-2-8-22-36)31-29-33-17-13-15-27-39(33)43-40-28-16-14-18-34(40)30-32-42(37-23-9-3-10-24-37)38-25-11-4-12-26-38/h1-28,43H,29-32H2. The summed E-state index contributed by atoms with van der Waals surface area (Å²) in [5.74, 6) is 0. The number of benzene rings is 6. The van der Waals surface area contributed by atoms with E-state index in [2.05, 4.69) is 170 Å². The van der Waals surface area contributed by atoms with E-state index in [0.29, 0.717) is 8.58 Å². The van der Waals surface area contributed by atoms with E-state index in [0.717, 1.165) is 12.8 Å². The van der Waals surface area contributed by atoms with Gasteiger partial charge in [-0.1, -0.05) is 0 Å². The third-order valence-electron chi connectivity index (χ3n) is 7.79. The van der Waals surface area contributed by atoms with Gasteiger partial charge in [-0.3, -0.25) is 0 Å². The molecule has 0 spiro atoms. The first-order valence-corrected chi connectivity index (χ1v) is 22.4. The van der Waals surface area contributed by atoms with Crippen LogP contribution in [0.5, 0.6) is 0 Å². The Balaban J connectivity index is 1.21. The number of aryl methyl sites for hydroxylation is 2. The Morgan fingerprint density at radius 2 is 0.605 bits per heavy atom. The molecule has 6 aromatic rings. The van der Waals surface area contributed by atoms with E-state index in [4.69, 9.17) is 0 Å². The van der Waals surface area contributed by atoms with Crippen molar-refractivity contribution in [3.63, 3.8) is 0 Å². The molecule has 0 unspecified atom stereocenters. The molecule has 6 rings (SSSR count). The van der Waals surface area contributed by atoms with E-state index in [9.17, 15) is 0 Å². The molecule has 0 aromatic heterocycles. The predicted molar refractivity (Wildman–Crippen MR) is 193 cm³/mol. The minimum atomic E-state index is -1.40. The van der Waals surface area contributed by atoms with Crippen molar-refractivity contribution in [3.8, 4) is 0 Å². The SMILES string of the molecule is c1ccc([As](CCc2ccccc2Pc2ccccc2CC[As](c2ccccc2)c2ccccc2)c2ccccc2)cc1. The fraction of sp³-hybridized carbons (Fsp3) is 0.100. The van der Waals surface area contributed by atoms with Crippen molar-refractivity contribution in [3.05, 3.63) is 181 Å². The quantitative estimate of drug-likeness (QED) is 0.109. The van der Waals surface area contributed by atoms with Gasteiger partial charge in [0.1, 0.15) is 0 Å². The van der Waals surface area contributed by atoms with Crippen LogP contribution >= 0.6 is 8.58 Å². The zero-order valence-electron chi connectivity index (χ0n) is 24.4. The van der Waals surface area contributed by atoms with Crippen LogP contribution in [0.25, 0.3) is 0 Å². The van der Waals surface area contributed by atoms with Crippen molar-refractivity contribution >= 4 is 65.9 Å². The van der Waals surface area contributed by atoms with Crippen molar-refractivity contribution in [1.29, 1.82) is 0 Å². The van der Waals surface area contributed by atoms with Gasteiger partial charge in [0.25, 0.3) is 0 Å². The summed E-state index contributed by atoms with van der Waals surface area (Å²) in [4.78, 5) is 0. The molecule has 212 valence electrons. The summed E-state index contributed by atoms with van der Waals surface area (Å²) in [5, 5.41) is 5.49. The van der Waals surface area contributed by atoms with Crippen LogP contribution in [0.2, 0.25) is 10.4 Å². The Morgan fingerprint density at radius 3 is 0.930 bits per heavy atom. The molecule has 43 heavy (non-hydrogen) atoms. The van der Waals surface area contributed by atoms with Crippen LogP contribution in [-0.2, 0) is 12.8 Å². The van der Waals surface area contributed by atoms with Gasteiger partial charge in [0, 0.05) is 0 Å². The summed E-state index contributed by atoms with van der Waals surface area (Å²) in [7, 11) is 0.680. The molecule has 0 atom stereocenters. The Labute approximate surface area is 268 Å². The average Bonchev–Trinajstić information content (AvgIpc) is 3.08. The van der Waals surface area contributed by atoms with Crippen LogP contribution in [0.4, 0.5) is 0 Å². The molecule has 0 saturated carbocycles. The third kappa shape index (κ3) is 8.08. The van der Waals surface area contributed by atoms with Gasteiger partial charge in [0.15, 0.2) is 0 Å². The number of hydrogen-bond donors (Lipinski definition) is 0.